The molecule has 93 valence electrons. The molecule has 1 atom stereocenters. The van der Waals surface area contributed by atoms with Gasteiger partial charge in [-0.25, -0.2) is 0 Å². The highest BCUT2D eigenvalue weighted by molar-refractivity contribution is 6.55. The van der Waals surface area contributed by atoms with Crippen LogP contribution in [0.3, 0.4) is 0 Å². The second-order valence-corrected chi connectivity index (χ2v) is 7.85. The minimum absolute atomic E-state index is 0.0930. The van der Waals surface area contributed by atoms with Gasteiger partial charge in [-0.2, -0.15) is 0 Å². The first kappa shape index (κ1) is 12.6. The molecule has 0 saturated carbocycles. The van der Waals surface area contributed by atoms with E-state index in [2.05, 4.69) is 31.3 Å². The number of ether oxygens (including phenoxy) is 2. The van der Waals surface area contributed by atoms with Gasteiger partial charge in [0, 0.05) is 8.80 Å². The van der Waals surface area contributed by atoms with Gasteiger partial charge in [0.15, 0.2) is 0 Å². The van der Waals surface area contributed by atoms with E-state index in [1.54, 1.807) is 0 Å². The molecule has 3 heteroatoms. The van der Waals surface area contributed by atoms with Gasteiger partial charge in [0.05, 0.1) is 6.61 Å². The van der Waals surface area contributed by atoms with E-state index >= 15 is 0 Å². The SMILES string of the molecule is C[Si](C)CCCc1ccccc1OCC1CO1. The van der Waals surface area contributed by atoms with Gasteiger partial charge in [0.25, 0.3) is 0 Å². The molecule has 1 aromatic carbocycles. The fraction of sp³-hybridized carbons (Fsp3) is 0.571. The summed E-state index contributed by atoms with van der Waals surface area (Å²) >= 11 is 0. The van der Waals surface area contributed by atoms with Crippen molar-refractivity contribution in [2.75, 3.05) is 13.2 Å². The van der Waals surface area contributed by atoms with Crippen LogP contribution in [0.25, 0.3) is 0 Å². The number of rotatable bonds is 7. The summed E-state index contributed by atoms with van der Waals surface area (Å²) < 4.78 is 11.0. The molecule has 0 amide bonds. The Morgan fingerprint density at radius 2 is 2.12 bits per heavy atom. The van der Waals surface area contributed by atoms with Crippen molar-refractivity contribution in [2.45, 2.75) is 38.1 Å². The first-order chi connectivity index (χ1) is 8.25. The average molecular weight is 249 g/mol. The Kier molecular flexibility index (Phi) is 4.63. The second-order valence-electron chi connectivity index (χ2n) is 4.93. The van der Waals surface area contributed by atoms with E-state index < -0.39 is 0 Å². The minimum atomic E-state index is -0.0930. The summed E-state index contributed by atoms with van der Waals surface area (Å²) in [6, 6.07) is 9.77. The topological polar surface area (TPSA) is 21.8 Å². The van der Waals surface area contributed by atoms with Crippen molar-refractivity contribution >= 4 is 8.80 Å². The molecular weight excluding hydrogens is 228 g/mol. The lowest BCUT2D eigenvalue weighted by Crippen LogP contribution is -2.06. The van der Waals surface area contributed by atoms with E-state index in [0.29, 0.717) is 12.7 Å². The monoisotopic (exact) mass is 249 g/mol. The second kappa shape index (κ2) is 6.22. The summed E-state index contributed by atoms with van der Waals surface area (Å²) in [5, 5.41) is 0. The van der Waals surface area contributed by atoms with Crippen LogP contribution in [0, 0.1) is 0 Å². The van der Waals surface area contributed by atoms with Gasteiger partial charge in [0.2, 0.25) is 0 Å². The molecule has 17 heavy (non-hydrogen) atoms. The quantitative estimate of drug-likeness (QED) is 0.547. The van der Waals surface area contributed by atoms with Crippen LogP contribution in [0.15, 0.2) is 24.3 Å². The molecule has 1 aliphatic heterocycles. The lowest BCUT2D eigenvalue weighted by atomic mass is 10.1. The Hall–Kier alpha value is -0.803. The molecule has 0 spiro atoms. The molecule has 1 radical (unpaired) electrons. The molecule has 1 aromatic rings. The van der Waals surface area contributed by atoms with Crippen molar-refractivity contribution in [3.63, 3.8) is 0 Å². The molecule has 2 rings (SSSR count). The smallest absolute Gasteiger partial charge is 0.122 e. The standard InChI is InChI=1S/C14H21O2Si/c1-17(2)9-5-7-12-6-3-4-8-14(12)16-11-13-10-15-13/h3-4,6,8,13H,5,7,9-11H2,1-2H3. The lowest BCUT2D eigenvalue weighted by molar-refractivity contribution is 0.261. The molecule has 1 saturated heterocycles. The molecule has 2 nitrogen and oxygen atoms in total. The van der Waals surface area contributed by atoms with Gasteiger partial charge < -0.3 is 9.47 Å². The highest BCUT2D eigenvalue weighted by atomic mass is 28.3. The molecule has 0 aliphatic carbocycles. The Morgan fingerprint density at radius 3 is 2.82 bits per heavy atom. The van der Waals surface area contributed by atoms with Crippen molar-refractivity contribution in [3.05, 3.63) is 29.8 Å². The minimum Gasteiger partial charge on any atom is -0.491 e. The Balaban J connectivity index is 1.85. The highest BCUT2D eigenvalue weighted by Gasteiger charge is 2.23. The lowest BCUT2D eigenvalue weighted by Gasteiger charge is -2.10. The maximum atomic E-state index is 5.80. The van der Waals surface area contributed by atoms with Crippen molar-refractivity contribution in [3.8, 4) is 5.75 Å². The van der Waals surface area contributed by atoms with Crippen molar-refractivity contribution in [1.29, 1.82) is 0 Å². The van der Waals surface area contributed by atoms with E-state index in [-0.39, 0.29) is 8.80 Å². The molecule has 0 aromatic heterocycles. The molecule has 1 unspecified atom stereocenters. The van der Waals surface area contributed by atoms with E-state index in [9.17, 15) is 0 Å². The fourth-order valence-electron chi connectivity index (χ4n) is 1.83. The first-order valence-corrected chi connectivity index (χ1v) is 9.08. The molecule has 1 aliphatic rings. The van der Waals surface area contributed by atoms with Gasteiger partial charge >= 0.3 is 0 Å². The number of hydrogen-bond acceptors (Lipinski definition) is 2. The molecule has 0 N–H and O–H groups in total. The van der Waals surface area contributed by atoms with E-state index in [1.165, 1.54) is 18.0 Å². The number of hydrogen-bond donors (Lipinski definition) is 0. The van der Waals surface area contributed by atoms with E-state index in [0.717, 1.165) is 18.8 Å². The summed E-state index contributed by atoms with van der Waals surface area (Å²) in [5.74, 6) is 1.05. The largest absolute Gasteiger partial charge is 0.491 e. The zero-order valence-corrected chi connectivity index (χ0v) is 11.7. The van der Waals surface area contributed by atoms with Gasteiger partial charge in [-0.05, 0) is 18.1 Å². The van der Waals surface area contributed by atoms with Crippen LogP contribution in [0.1, 0.15) is 12.0 Å². The molecule has 0 bridgehead atoms. The molecule has 1 heterocycles. The third kappa shape index (κ3) is 4.52. The fourth-order valence-corrected chi connectivity index (χ4v) is 2.71. The predicted molar refractivity (Wildman–Crippen MR) is 72.3 cm³/mol. The zero-order valence-electron chi connectivity index (χ0n) is 10.7. The van der Waals surface area contributed by atoms with Gasteiger partial charge in [0.1, 0.15) is 18.5 Å². The van der Waals surface area contributed by atoms with Crippen LogP contribution in [0.2, 0.25) is 19.1 Å². The van der Waals surface area contributed by atoms with Crippen LogP contribution in [-0.4, -0.2) is 28.1 Å². The van der Waals surface area contributed by atoms with Gasteiger partial charge in [-0.1, -0.05) is 43.8 Å². The predicted octanol–water partition coefficient (Wildman–Crippen LogP) is 3.15. The van der Waals surface area contributed by atoms with Crippen LogP contribution in [0.4, 0.5) is 0 Å². The normalized spacial score (nSPS) is 18.4. The maximum absolute atomic E-state index is 5.80. The summed E-state index contributed by atoms with van der Waals surface area (Å²) in [7, 11) is -0.0930. The Morgan fingerprint density at radius 1 is 1.35 bits per heavy atom. The Labute approximate surface area is 106 Å². The van der Waals surface area contributed by atoms with Crippen molar-refractivity contribution < 1.29 is 9.47 Å². The summed E-state index contributed by atoms with van der Waals surface area (Å²) in [6.07, 6.45) is 2.75. The van der Waals surface area contributed by atoms with Crippen molar-refractivity contribution in [2.24, 2.45) is 0 Å². The molecule has 1 fully saturated rings. The zero-order chi connectivity index (χ0) is 12.1. The average Bonchev–Trinajstić information content (AvgIpc) is 3.11. The number of epoxide rings is 1. The Bertz CT molecular complexity index is 348. The van der Waals surface area contributed by atoms with Crippen LogP contribution >= 0.6 is 0 Å². The third-order valence-electron chi connectivity index (χ3n) is 2.92. The summed E-state index contributed by atoms with van der Waals surface area (Å²) in [5.41, 5.74) is 1.34. The number of para-hydroxylation sites is 1. The number of benzene rings is 1. The number of aryl methyl sites for hydroxylation is 1. The van der Waals surface area contributed by atoms with Crippen LogP contribution < -0.4 is 4.74 Å². The highest BCUT2D eigenvalue weighted by Crippen LogP contribution is 2.22. The molecular formula is C14H21O2Si. The van der Waals surface area contributed by atoms with Crippen molar-refractivity contribution in [1.82, 2.24) is 0 Å². The summed E-state index contributed by atoms with van der Waals surface area (Å²) in [4.78, 5) is 0. The third-order valence-corrected chi connectivity index (χ3v) is 4.28. The van der Waals surface area contributed by atoms with Gasteiger partial charge in [-0.15, -0.1) is 0 Å². The van der Waals surface area contributed by atoms with E-state index in [1.807, 2.05) is 6.07 Å². The maximum Gasteiger partial charge on any atom is 0.122 e. The first-order valence-electron chi connectivity index (χ1n) is 6.37. The van der Waals surface area contributed by atoms with Crippen LogP contribution in [0.5, 0.6) is 5.75 Å². The summed E-state index contributed by atoms with van der Waals surface area (Å²) in [6.45, 7) is 6.31. The van der Waals surface area contributed by atoms with E-state index in [4.69, 9.17) is 9.47 Å². The van der Waals surface area contributed by atoms with Crippen LogP contribution in [-0.2, 0) is 11.2 Å². The van der Waals surface area contributed by atoms with Gasteiger partial charge in [-0.3, -0.25) is 0 Å².